The number of rotatable bonds is 4. The lowest BCUT2D eigenvalue weighted by Crippen LogP contribution is -2.45. The number of amides is 2. The van der Waals surface area contributed by atoms with Crippen molar-refractivity contribution in [3.63, 3.8) is 0 Å². The van der Waals surface area contributed by atoms with Crippen molar-refractivity contribution in [3.05, 3.63) is 29.8 Å². The largest absolute Gasteiger partial charge is 0.416 e. The number of carbonyl (C=O) groups excluding carboxylic acids is 1. The molecule has 0 heterocycles. The van der Waals surface area contributed by atoms with Crippen molar-refractivity contribution >= 4 is 11.7 Å². The highest BCUT2D eigenvalue weighted by molar-refractivity contribution is 5.89. The van der Waals surface area contributed by atoms with Crippen molar-refractivity contribution < 1.29 is 18.0 Å². The Balaban J connectivity index is 2.63. The number of hydrogen-bond donors (Lipinski definition) is 3. The number of nitrogens with two attached hydrogens (primary N) is 1. The van der Waals surface area contributed by atoms with Crippen LogP contribution in [0.1, 0.15) is 19.4 Å². The molecule has 1 aromatic carbocycles. The standard InChI is InChI=1S/C13H18F3N3O/c1-8(2)11(7-17)19-12(20)18-10-5-3-9(4-6-10)13(14,15)16/h3-6,8,11H,7,17H2,1-2H3,(H2,18,19,20). The summed E-state index contributed by atoms with van der Waals surface area (Å²) in [5, 5.41) is 5.13. The van der Waals surface area contributed by atoms with Gasteiger partial charge in [-0.2, -0.15) is 13.2 Å². The summed E-state index contributed by atoms with van der Waals surface area (Å²) in [6, 6.07) is 3.56. The van der Waals surface area contributed by atoms with Crippen LogP contribution >= 0.6 is 0 Å². The van der Waals surface area contributed by atoms with Crippen LogP contribution < -0.4 is 16.4 Å². The summed E-state index contributed by atoms with van der Waals surface area (Å²) in [6.07, 6.45) is -4.39. The molecule has 0 saturated carbocycles. The predicted molar refractivity (Wildman–Crippen MR) is 71.3 cm³/mol. The highest BCUT2D eigenvalue weighted by atomic mass is 19.4. The molecule has 0 aliphatic rings. The van der Waals surface area contributed by atoms with Crippen LogP contribution in [-0.2, 0) is 6.18 Å². The third kappa shape index (κ3) is 4.73. The average molecular weight is 289 g/mol. The van der Waals surface area contributed by atoms with Crippen molar-refractivity contribution in [2.75, 3.05) is 11.9 Å². The second kappa shape index (κ2) is 6.60. The number of carbonyl (C=O) groups is 1. The second-order valence-corrected chi connectivity index (χ2v) is 4.76. The Morgan fingerprint density at radius 2 is 1.80 bits per heavy atom. The predicted octanol–water partition coefficient (Wildman–Crippen LogP) is 2.81. The molecule has 2 amide bonds. The number of hydrogen-bond acceptors (Lipinski definition) is 2. The molecule has 1 aromatic rings. The van der Waals surface area contributed by atoms with Gasteiger partial charge in [0.15, 0.2) is 0 Å². The van der Waals surface area contributed by atoms with Crippen molar-refractivity contribution in [2.24, 2.45) is 11.7 Å². The lowest BCUT2D eigenvalue weighted by molar-refractivity contribution is -0.137. The topological polar surface area (TPSA) is 67.1 Å². The van der Waals surface area contributed by atoms with E-state index in [1.807, 2.05) is 13.8 Å². The molecule has 0 aromatic heterocycles. The molecule has 0 radical (unpaired) electrons. The number of nitrogens with one attached hydrogen (secondary N) is 2. The molecule has 4 N–H and O–H groups in total. The van der Waals surface area contributed by atoms with Crippen LogP contribution in [0.5, 0.6) is 0 Å². The highest BCUT2D eigenvalue weighted by Gasteiger charge is 2.30. The van der Waals surface area contributed by atoms with E-state index in [0.717, 1.165) is 12.1 Å². The van der Waals surface area contributed by atoms with Gasteiger partial charge in [0, 0.05) is 18.3 Å². The first-order valence-corrected chi connectivity index (χ1v) is 6.19. The molecule has 0 fully saturated rings. The first-order valence-electron chi connectivity index (χ1n) is 6.19. The fourth-order valence-electron chi connectivity index (χ4n) is 1.58. The Labute approximate surface area is 115 Å². The lowest BCUT2D eigenvalue weighted by atomic mass is 10.1. The minimum atomic E-state index is -4.39. The number of alkyl halides is 3. The molecule has 4 nitrogen and oxygen atoms in total. The molecule has 7 heteroatoms. The number of halogens is 3. The number of urea groups is 1. The summed E-state index contributed by atoms with van der Waals surface area (Å²) >= 11 is 0. The molecule has 1 atom stereocenters. The Morgan fingerprint density at radius 3 is 2.20 bits per heavy atom. The number of benzene rings is 1. The summed E-state index contributed by atoms with van der Waals surface area (Å²) in [6.45, 7) is 4.12. The molecule has 0 spiro atoms. The quantitative estimate of drug-likeness (QED) is 0.798. The first-order chi connectivity index (χ1) is 9.24. The monoisotopic (exact) mass is 289 g/mol. The van der Waals surface area contributed by atoms with E-state index in [1.165, 1.54) is 12.1 Å². The van der Waals surface area contributed by atoms with Crippen molar-refractivity contribution in [1.29, 1.82) is 0 Å². The maximum atomic E-state index is 12.4. The fraction of sp³-hybridized carbons (Fsp3) is 0.462. The Bertz CT molecular complexity index is 443. The van der Waals surface area contributed by atoms with E-state index in [4.69, 9.17) is 5.73 Å². The van der Waals surface area contributed by atoms with Crippen LogP contribution in [-0.4, -0.2) is 18.6 Å². The minimum Gasteiger partial charge on any atom is -0.334 e. The van der Waals surface area contributed by atoms with Gasteiger partial charge in [0.2, 0.25) is 0 Å². The van der Waals surface area contributed by atoms with Gasteiger partial charge in [0.1, 0.15) is 0 Å². The van der Waals surface area contributed by atoms with Crippen LogP contribution in [0.2, 0.25) is 0 Å². The smallest absolute Gasteiger partial charge is 0.334 e. The van der Waals surface area contributed by atoms with Gasteiger partial charge in [0.25, 0.3) is 0 Å². The third-order valence-corrected chi connectivity index (χ3v) is 2.85. The SMILES string of the molecule is CC(C)C(CN)NC(=O)Nc1ccc(C(F)(F)F)cc1. The maximum Gasteiger partial charge on any atom is 0.416 e. The van der Waals surface area contributed by atoms with E-state index >= 15 is 0 Å². The van der Waals surface area contributed by atoms with Crippen molar-refractivity contribution in [2.45, 2.75) is 26.1 Å². The summed E-state index contributed by atoms with van der Waals surface area (Å²) in [4.78, 5) is 11.7. The maximum absolute atomic E-state index is 12.4. The molecule has 0 aliphatic carbocycles. The third-order valence-electron chi connectivity index (χ3n) is 2.85. The van der Waals surface area contributed by atoms with E-state index < -0.39 is 17.8 Å². The van der Waals surface area contributed by atoms with Gasteiger partial charge in [-0.15, -0.1) is 0 Å². The van der Waals surface area contributed by atoms with Gasteiger partial charge in [0.05, 0.1) is 5.56 Å². The molecular weight excluding hydrogens is 271 g/mol. The average Bonchev–Trinajstić information content (AvgIpc) is 2.35. The molecule has 0 saturated heterocycles. The zero-order chi connectivity index (χ0) is 15.3. The van der Waals surface area contributed by atoms with E-state index in [1.54, 1.807) is 0 Å². The van der Waals surface area contributed by atoms with Gasteiger partial charge in [-0.1, -0.05) is 13.8 Å². The molecule has 1 rings (SSSR count). The van der Waals surface area contributed by atoms with Crippen LogP contribution in [0.4, 0.5) is 23.7 Å². The molecule has 1 unspecified atom stereocenters. The molecular formula is C13H18F3N3O. The summed E-state index contributed by atoms with van der Waals surface area (Å²) < 4.78 is 37.1. The van der Waals surface area contributed by atoms with E-state index in [-0.39, 0.29) is 24.2 Å². The van der Waals surface area contributed by atoms with Crippen LogP contribution in [0.15, 0.2) is 24.3 Å². The van der Waals surface area contributed by atoms with Crippen LogP contribution in [0.25, 0.3) is 0 Å². The van der Waals surface area contributed by atoms with E-state index in [9.17, 15) is 18.0 Å². The molecule has 0 bridgehead atoms. The Kier molecular flexibility index (Phi) is 5.38. The first kappa shape index (κ1) is 16.3. The Hall–Kier alpha value is -1.76. The zero-order valence-corrected chi connectivity index (χ0v) is 11.3. The van der Waals surface area contributed by atoms with Crippen molar-refractivity contribution in [1.82, 2.24) is 5.32 Å². The van der Waals surface area contributed by atoms with Gasteiger partial charge in [-0.05, 0) is 30.2 Å². The number of anilines is 1. The van der Waals surface area contributed by atoms with Gasteiger partial charge >= 0.3 is 12.2 Å². The van der Waals surface area contributed by atoms with Crippen molar-refractivity contribution in [3.8, 4) is 0 Å². The van der Waals surface area contributed by atoms with Gasteiger partial charge in [-0.3, -0.25) is 0 Å². The van der Waals surface area contributed by atoms with Gasteiger partial charge in [-0.25, -0.2) is 4.79 Å². The molecule has 0 aliphatic heterocycles. The second-order valence-electron chi connectivity index (χ2n) is 4.76. The molecule has 112 valence electrons. The normalized spacial score (nSPS) is 13.2. The summed E-state index contributed by atoms with van der Waals surface area (Å²) in [5.74, 6) is 0.165. The van der Waals surface area contributed by atoms with Crippen LogP contribution in [0.3, 0.4) is 0 Å². The molecule has 20 heavy (non-hydrogen) atoms. The van der Waals surface area contributed by atoms with Gasteiger partial charge < -0.3 is 16.4 Å². The highest BCUT2D eigenvalue weighted by Crippen LogP contribution is 2.29. The fourth-order valence-corrected chi connectivity index (χ4v) is 1.58. The summed E-state index contributed by atoms with van der Waals surface area (Å²) in [5.41, 5.74) is 5.04. The van der Waals surface area contributed by atoms with E-state index in [2.05, 4.69) is 10.6 Å². The summed E-state index contributed by atoms with van der Waals surface area (Å²) in [7, 11) is 0. The Morgan fingerprint density at radius 1 is 1.25 bits per heavy atom. The zero-order valence-electron chi connectivity index (χ0n) is 11.3. The minimum absolute atomic E-state index is 0.165. The van der Waals surface area contributed by atoms with E-state index in [0.29, 0.717) is 0 Å². The van der Waals surface area contributed by atoms with Crippen LogP contribution in [0, 0.1) is 5.92 Å². The lowest BCUT2D eigenvalue weighted by Gasteiger charge is -2.20.